The van der Waals surface area contributed by atoms with Crippen LogP contribution in [0.5, 0.6) is 0 Å². The van der Waals surface area contributed by atoms with Gasteiger partial charge >= 0.3 is 0 Å². The predicted molar refractivity (Wildman–Crippen MR) is 41.6 cm³/mol. The molecule has 0 spiro atoms. The Kier molecular flexibility index (Phi) is 4.10. The highest BCUT2D eigenvalue weighted by Gasteiger charge is 1.99. The topological polar surface area (TPSA) is 24.4 Å². The molecular formula is C7H16N2. The maximum atomic E-state index is 4.11. The van der Waals surface area contributed by atoms with E-state index in [0.29, 0.717) is 5.92 Å². The maximum Gasteiger partial charge on any atom is 0.0400 e. The van der Waals surface area contributed by atoms with Gasteiger partial charge in [0.1, 0.15) is 0 Å². The van der Waals surface area contributed by atoms with Gasteiger partial charge < -0.3 is 5.43 Å². The molecule has 54 valence electrons. The SMILES string of the molecule is CC/C(=N\NC)C(C)C. The lowest BCUT2D eigenvalue weighted by molar-refractivity contribution is 0.804. The van der Waals surface area contributed by atoms with E-state index in [1.54, 1.807) is 0 Å². The second-order valence-electron chi connectivity index (χ2n) is 2.34. The lowest BCUT2D eigenvalue weighted by atomic mass is 10.1. The number of hydrogen-bond donors (Lipinski definition) is 1. The largest absolute Gasteiger partial charge is 0.313 e. The third-order valence-electron chi connectivity index (χ3n) is 1.28. The van der Waals surface area contributed by atoms with Crippen LogP contribution in [0.15, 0.2) is 5.10 Å². The van der Waals surface area contributed by atoms with Gasteiger partial charge in [0.25, 0.3) is 0 Å². The fourth-order valence-corrected chi connectivity index (χ4v) is 0.760. The summed E-state index contributed by atoms with van der Waals surface area (Å²) in [6.45, 7) is 6.43. The van der Waals surface area contributed by atoms with Crippen molar-refractivity contribution in [2.45, 2.75) is 27.2 Å². The smallest absolute Gasteiger partial charge is 0.0400 e. The molecule has 0 saturated heterocycles. The van der Waals surface area contributed by atoms with Crippen molar-refractivity contribution in [1.82, 2.24) is 5.43 Å². The molecule has 0 aliphatic heterocycles. The van der Waals surface area contributed by atoms with E-state index in [1.165, 1.54) is 5.71 Å². The van der Waals surface area contributed by atoms with E-state index in [2.05, 4.69) is 31.3 Å². The summed E-state index contributed by atoms with van der Waals surface area (Å²) in [6, 6.07) is 0. The molecule has 1 N–H and O–H groups in total. The Labute approximate surface area is 57.3 Å². The fourth-order valence-electron chi connectivity index (χ4n) is 0.760. The van der Waals surface area contributed by atoms with Crippen LogP contribution in [0.4, 0.5) is 0 Å². The lowest BCUT2D eigenvalue weighted by Crippen LogP contribution is -2.10. The summed E-state index contributed by atoms with van der Waals surface area (Å²) in [6.07, 6.45) is 1.04. The van der Waals surface area contributed by atoms with Crippen molar-refractivity contribution < 1.29 is 0 Å². The van der Waals surface area contributed by atoms with Gasteiger partial charge in [-0.05, 0) is 12.3 Å². The van der Waals surface area contributed by atoms with Gasteiger partial charge in [-0.25, -0.2) is 0 Å². The summed E-state index contributed by atoms with van der Waals surface area (Å²) in [5.74, 6) is 0.572. The van der Waals surface area contributed by atoms with Gasteiger partial charge in [0.2, 0.25) is 0 Å². The van der Waals surface area contributed by atoms with Crippen molar-refractivity contribution in [2.75, 3.05) is 7.05 Å². The minimum absolute atomic E-state index is 0.572. The molecule has 0 saturated carbocycles. The quantitative estimate of drug-likeness (QED) is 0.453. The van der Waals surface area contributed by atoms with Gasteiger partial charge in [-0.15, -0.1) is 0 Å². The number of nitrogens with zero attached hydrogens (tertiary/aromatic N) is 1. The average Bonchev–Trinajstić information content (AvgIpc) is 1.82. The van der Waals surface area contributed by atoms with Crippen molar-refractivity contribution in [3.63, 3.8) is 0 Å². The highest BCUT2D eigenvalue weighted by atomic mass is 15.3. The van der Waals surface area contributed by atoms with Crippen molar-refractivity contribution in [1.29, 1.82) is 0 Å². The molecule has 0 aromatic heterocycles. The van der Waals surface area contributed by atoms with Crippen LogP contribution in [0, 0.1) is 5.92 Å². The molecule has 0 heterocycles. The molecule has 2 heteroatoms. The Balaban J connectivity index is 3.81. The molecule has 0 radical (unpaired) electrons. The highest BCUT2D eigenvalue weighted by molar-refractivity contribution is 5.85. The van der Waals surface area contributed by atoms with Gasteiger partial charge in [-0.3, -0.25) is 0 Å². The number of nitrogens with one attached hydrogen (secondary N) is 1. The first-order valence-corrected chi connectivity index (χ1v) is 3.45. The van der Waals surface area contributed by atoms with E-state index in [1.807, 2.05) is 7.05 Å². The van der Waals surface area contributed by atoms with E-state index in [0.717, 1.165) is 6.42 Å². The molecule has 0 aromatic rings. The summed E-state index contributed by atoms with van der Waals surface area (Å²) >= 11 is 0. The predicted octanol–water partition coefficient (Wildman–Crippen LogP) is 1.63. The standard InChI is InChI=1S/C7H16N2/c1-5-7(6(2)3)9-8-4/h6,8H,5H2,1-4H3/b9-7+. The normalized spacial score (nSPS) is 12.3. The van der Waals surface area contributed by atoms with Crippen LogP contribution in [-0.4, -0.2) is 12.8 Å². The Hall–Kier alpha value is -0.530. The van der Waals surface area contributed by atoms with Crippen molar-refractivity contribution in [3.05, 3.63) is 0 Å². The second kappa shape index (κ2) is 4.36. The Bertz CT molecular complexity index is 95.1. The fraction of sp³-hybridized carbons (Fsp3) is 0.857. The summed E-state index contributed by atoms with van der Waals surface area (Å²) in [5.41, 5.74) is 4.02. The summed E-state index contributed by atoms with van der Waals surface area (Å²) < 4.78 is 0. The van der Waals surface area contributed by atoms with Crippen LogP contribution in [0.3, 0.4) is 0 Å². The second-order valence-corrected chi connectivity index (χ2v) is 2.34. The zero-order valence-corrected chi connectivity index (χ0v) is 6.73. The van der Waals surface area contributed by atoms with E-state index >= 15 is 0 Å². The molecule has 0 unspecified atom stereocenters. The minimum atomic E-state index is 0.572. The van der Waals surface area contributed by atoms with E-state index in [9.17, 15) is 0 Å². The van der Waals surface area contributed by atoms with Crippen molar-refractivity contribution in [2.24, 2.45) is 11.0 Å². The van der Waals surface area contributed by atoms with E-state index in [4.69, 9.17) is 0 Å². The third-order valence-corrected chi connectivity index (χ3v) is 1.28. The Morgan fingerprint density at radius 2 is 2.11 bits per heavy atom. The van der Waals surface area contributed by atoms with Crippen LogP contribution < -0.4 is 5.43 Å². The van der Waals surface area contributed by atoms with Gasteiger partial charge in [-0.1, -0.05) is 20.8 Å². The summed E-state index contributed by atoms with van der Waals surface area (Å²) in [7, 11) is 1.83. The van der Waals surface area contributed by atoms with Crippen LogP contribution in [0.1, 0.15) is 27.2 Å². The van der Waals surface area contributed by atoms with Gasteiger partial charge in [-0.2, -0.15) is 5.10 Å². The number of hydrogen-bond acceptors (Lipinski definition) is 2. The third kappa shape index (κ3) is 3.12. The molecule has 9 heavy (non-hydrogen) atoms. The van der Waals surface area contributed by atoms with E-state index < -0.39 is 0 Å². The highest BCUT2D eigenvalue weighted by Crippen LogP contribution is 1.99. The number of hydrazone groups is 1. The molecule has 0 amide bonds. The molecule has 0 atom stereocenters. The van der Waals surface area contributed by atoms with Crippen LogP contribution >= 0.6 is 0 Å². The first-order valence-electron chi connectivity index (χ1n) is 3.45. The zero-order chi connectivity index (χ0) is 7.28. The van der Waals surface area contributed by atoms with Gasteiger partial charge in [0.15, 0.2) is 0 Å². The maximum absolute atomic E-state index is 4.11. The van der Waals surface area contributed by atoms with Crippen LogP contribution in [0.2, 0.25) is 0 Å². The van der Waals surface area contributed by atoms with Crippen molar-refractivity contribution in [3.8, 4) is 0 Å². The monoisotopic (exact) mass is 128 g/mol. The van der Waals surface area contributed by atoms with Gasteiger partial charge in [0, 0.05) is 12.8 Å². The Morgan fingerprint density at radius 1 is 1.56 bits per heavy atom. The molecule has 0 fully saturated rings. The van der Waals surface area contributed by atoms with Gasteiger partial charge in [0.05, 0.1) is 0 Å². The van der Waals surface area contributed by atoms with E-state index in [-0.39, 0.29) is 0 Å². The molecule has 0 bridgehead atoms. The molecule has 2 nitrogen and oxygen atoms in total. The lowest BCUT2D eigenvalue weighted by Gasteiger charge is -2.05. The van der Waals surface area contributed by atoms with Crippen LogP contribution in [-0.2, 0) is 0 Å². The minimum Gasteiger partial charge on any atom is -0.313 e. The molecule has 0 rings (SSSR count). The molecule has 0 aliphatic carbocycles. The van der Waals surface area contributed by atoms with Crippen molar-refractivity contribution >= 4 is 5.71 Å². The first-order chi connectivity index (χ1) is 4.22. The Morgan fingerprint density at radius 3 is 2.22 bits per heavy atom. The van der Waals surface area contributed by atoms with Crippen LogP contribution in [0.25, 0.3) is 0 Å². The zero-order valence-electron chi connectivity index (χ0n) is 6.73. The average molecular weight is 128 g/mol. The molecular weight excluding hydrogens is 112 g/mol. The molecule has 0 aromatic carbocycles. The summed E-state index contributed by atoms with van der Waals surface area (Å²) in [4.78, 5) is 0. The molecule has 0 aliphatic rings. The first kappa shape index (κ1) is 8.47. The number of rotatable bonds is 3. The summed E-state index contributed by atoms with van der Waals surface area (Å²) in [5, 5.41) is 4.11.